The Bertz CT molecular complexity index is 1650. The van der Waals surface area contributed by atoms with Gasteiger partial charge in [-0.2, -0.15) is 26.3 Å². The van der Waals surface area contributed by atoms with Crippen molar-refractivity contribution in [2.45, 2.75) is 39.0 Å². The van der Waals surface area contributed by atoms with E-state index < -0.39 is 40.1 Å². The molecule has 2 heterocycles. The SMILES string of the molecule is CC1(C)CC(=O)c2cc(-c3nc(-c4ccc(C(F)(F)F)cc4)cs3)c(=O)n(-c3ccccc3C(F)(F)F)c2C1. The van der Waals surface area contributed by atoms with Crippen LogP contribution in [0.3, 0.4) is 0 Å². The first kappa shape index (κ1) is 26.9. The average molecular weight is 563 g/mol. The summed E-state index contributed by atoms with van der Waals surface area (Å²) in [5.74, 6) is -0.305. The highest BCUT2D eigenvalue weighted by Crippen LogP contribution is 2.40. The number of pyridine rings is 1. The van der Waals surface area contributed by atoms with E-state index in [0.717, 1.165) is 34.1 Å². The van der Waals surface area contributed by atoms with Gasteiger partial charge < -0.3 is 0 Å². The maximum absolute atomic E-state index is 14.0. The zero-order chi connectivity index (χ0) is 28.3. The maximum Gasteiger partial charge on any atom is 0.418 e. The summed E-state index contributed by atoms with van der Waals surface area (Å²) in [6.07, 6.45) is -8.92. The van der Waals surface area contributed by atoms with Crippen molar-refractivity contribution in [2.75, 3.05) is 0 Å². The molecule has 4 aromatic rings. The normalized spacial score (nSPS) is 15.3. The number of benzene rings is 2. The van der Waals surface area contributed by atoms with Crippen LogP contribution in [0.2, 0.25) is 0 Å². The van der Waals surface area contributed by atoms with Crippen molar-refractivity contribution in [2.24, 2.45) is 5.41 Å². The number of fused-ring (bicyclic) bond motifs is 1. The van der Waals surface area contributed by atoms with Crippen molar-refractivity contribution in [3.63, 3.8) is 0 Å². The van der Waals surface area contributed by atoms with Crippen LogP contribution >= 0.6 is 11.3 Å². The van der Waals surface area contributed by atoms with Crippen LogP contribution in [0.1, 0.15) is 47.4 Å². The zero-order valence-corrected chi connectivity index (χ0v) is 21.4. The molecule has 0 unspecified atom stereocenters. The van der Waals surface area contributed by atoms with Gasteiger partial charge in [-0.3, -0.25) is 14.2 Å². The van der Waals surface area contributed by atoms with E-state index >= 15 is 0 Å². The van der Waals surface area contributed by atoms with E-state index in [9.17, 15) is 35.9 Å². The first-order valence-electron chi connectivity index (χ1n) is 11.8. The highest BCUT2D eigenvalue weighted by Gasteiger charge is 2.38. The molecule has 5 rings (SSSR count). The van der Waals surface area contributed by atoms with Crippen molar-refractivity contribution >= 4 is 17.1 Å². The van der Waals surface area contributed by atoms with Crippen molar-refractivity contribution in [3.05, 3.63) is 92.7 Å². The molecule has 0 N–H and O–H groups in total. The molecule has 4 nitrogen and oxygen atoms in total. The number of nitrogens with zero attached hydrogens (tertiary/aromatic N) is 2. The highest BCUT2D eigenvalue weighted by atomic mass is 32.1. The summed E-state index contributed by atoms with van der Waals surface area (Å²) in [6.45, 7) is 3.62. The minimum atomic E-state index is -4.76. The van der Waals surface area contributed by atoms with E-state index in [-0.39, 0.29) is 46.1 Å². The fourth-order valence-electron chi connectivity index (χ4n) is 4.79. The number of para-hydroxylation sites is 1. The lowest BCUT2D eigenvalue weighted by atomic mass is 9.75. The minimum Gasteiger partial charge on any atom is -0.294 e. The molecule has 0 aliphatic heterocycles. The fourth-order valence-corrected chi connectivity index (χ4v) is 5.63. The van der Waals surface area contributed by atoms with Crippen LogP contribution in [0.5, 0.6) is 0 Å². The molecule has 11 heteroatoms. The van der Waals surface area contributed by atoms with Gasteiger partial charge in [-0.1, -0.05) is 38.1 Å². The number of carbonyl (C=O) groups excluding carboxylic acids is 1. The molecule has 0 bridgehead atoms. The summed E-state index contributed by atoms with van der Waals surface area (Å²) in [5.41, 5.74) is -2.67. The Morgan fingerprint density at radius 1 is 0.872 bits per heavy atom. The molecule has 2 aromatic carbocycles. The zero-order valence-electron chi connectivity index (χ0n) is 20.6. The van der Waals surface area contributed by atoms with Crippen molar-refractivity contribution in [1.82, 2.24) is 9.55 Å². The number of thiazole rings is 1. The smallest absolute Gasteiger partial charge is 0.294 e. The monoisotopic (exact) mass is 562 g/mol. The Hall–Kier alpha value is -3.73. The molecule has 1 aliphatic carbocycles. The first-order valence-corrected chi connectivity index (χ1v) is 12.7. The number of hydrogen-bond donors (Lipinski definition) is 0. The number of halogens is 6. The van der Waals surface area contributed by atoms with E-state index in [1.165, 1.54) is 41.8 Å². The van der Waals surface area contributed by atoms with E-state index in [1.807, 2.05) is 13.8 Å². The lowest BCUT2D eigenvalue weighted by Crippen LogP contribution is -2.35. The van der Waals surface area contributed by atoms with E-state index in [0.29, 0.717) is 5.56 Å². The molecule has 202 valence electrons. The standard InChI is InChI=1S/C28H20F6N2O2S/c1-26(2)12-22-17(23(37)13-26)11-18(25(38)36(22)21-6-4-3-5-19(21)28(32,33)34)24-35-20(14-39-24)15-7-9-16(10-8-15)27(29,30)31/h3-11,14H,12-13H2,1-2H3. The molecule has 0 spiro atoms. The number of ketones is 1. The number of Topliss-reactive ketones (excluding diaryl/α,β-unsaturated/α-hetero) is 1. The molecule has 0 radical (unpaired) electrons. The Balaban J connectivity index is 1.71. The number of hydrogen-bond acceptors (Lipinski definition) is 4. The summed E-state index contributed by atoms with van der Waals surface area (Å²) in [4.78, 5) is 31.4. The largest absolute Gasteiger partial charge is 0.418 e. The number of alkyl halides is 6. The van der Waals surface area contributed by atoms with Gasteiger partial charge in [-0.25, -0.2) is 4.98 Å². The molecule has 0 amide bonds. The van der Waals surface area contributed by atoms with Crippen LogP contribution in [0.25, 0.3) is 27.5 Å². The molecule has 0 atom stereocenters. The Morgan fingerprint density at radius 2 is 1.54 bits per heavy atom. The maximum atomic E-state index is 14.0. The molecule has 0 saturated carbocycles. The molecule has 39 heavy (non-hydrogen) atoms. The summed E-state index contributed by atoms with van der Waals surface area (Å²) in [5, 5.41) is 1.67. The predicted molar refractivity (Wildman–Crippen MR) is 135 cm³/mol. The first-order chi connectivity index (χ1) is 18.2. The lowest BCUT2D eigenvalue weighted by Gasteiger charge is -2.32. The Labute approximate surface area is 222 Å². The second kappa shape index (κ2) is 9.18. The Kier molecular flexibility index (Phi) is 6.32. The third-order valence-corrected chi connectivity index (χ3v) is 7.46. The van der Waals surface area contributed by atoms with Gasteiger partial charge in [0.1, 0.15) is 5.01 Å². The molecule has 1 aliphatic rings. The third-order valence-electron chi connectivity index (χ3n) is 6.58. The van der Waals surface area contributed by atoms with Crippen LogP contribution in [-0.4, -0.2) is 15.3 Å². The van der Waals surface area contributed by atoms with E-state index in [1.54, 1.807) is 0 Å². The van der Waals surface area contributed by atoms with Crippen molar-refractivity contribution in [3.8, 4) is 27.5 Å². The number of aromatic nitrogens is 2. The average Bonchev–Trinajstić information content (AvgIpc) is 3.32. The summed E-state index contributed by atoms with van der Waals surface area (Å²) in [6, 6.07) is 10.4. The van der Waals surface area contributed by atoms with Crippen LogP contribution < -0.4 is 5.56 Å². The van der Waals surface area contributed by atoms with Crippen LogP contribution in [0.15, 0.2) is 64.8 Å². The molecule has 0 saturated heterocycles. The van der Waals surface area contributed by atoms with Gasteiger partial charge in [-0.15, -0.1) is 11.3 Å². The number of carbonyl (C=O) groups is 1. The molecular formula is C28H20F6N2O2S. The second-order valence-corrected chi connectivity index (χ2v) is 11.0. The third kappa shape index (κ3) is 5.03. The summed E-state index contributed by atoms with van der Waals surface area (Å²) in [7, 11) is 0. The number of rotatable bonds is 3. The van der Waals surface area contributed by atoms with Crippen molar-refractivity contribution in [1.29, 1.82) is 0 Å². The van der Waals surface area contributed by atoms with E-state index in [4.69, 9.17) is 0 Å². The van der Waals surface area contributed by atoms with Crippen molar-refractivity contribution < 1.29 is 31.1 Å². The molecule has 2 aromatic heterocycles. The van der Waals surface area contributed by atoms with Gasteiger partial charge in [0.05, 0.1) is 28.1 Å². The molecule has 0 fully saturated rings. The van der Waals surface area contributed by atoms with Gasteiger partial charge in [-0.05, 0) is 42.2 Å². The van der Waals surface area contributed by atoms with Crippen LogP contribution in [-0.2, 0) is 18.8 Å². The van der Waals surface area contributed by atoms with Gasteiger partial charge in [0, 0.05) is 28.6 Å². The predicted octanol–water partition coefficient (Wildman–Crippen LogP) is 7.82. The van der Waals surface area contributed by atoms with Gasteiger partial charge >= 0.3 is 12.4 Å². The quantitative estimate of drug-likeness (QED) is 0.239. The fraction of sp³-hybridized carbons (Fsp3) is 0.250. The molecular weight excluding hydrogens is 542 g/mol. The van der Waals surface area contributed by atoms with Gasteiger partial charge in [0.2, 0.25) is 0 Å². The Morgan fingerprint density at radius 3 is 2.18 bits per heavy atom. The van der Waals surface area contributed by atoms with Gasteiger partial charge in [0.15, 0.2) is 5.78 Å². The summed E-state index contributed by atoms with van der Waals surface area (Å²) >= 11 is 1.01. The van der Waals surface area contributed by atoms with Gasteiger partial charge in [0.25, 0.3) is 5.56 Å². The van der Waals surface area contributed by atoms with E-state index in [2.05, 4.69) is 4.98 Å². The topological polar surface area (TPSA) is 52.0 Å². The highest BCUT2D eigenvalue weighted by molar-refractivity contribution is 7.13. The summed E-state index contributed by atoms with van der Waals surface area (Å²) < 4.78 is 81.7. The second-order valence-electron chi connectivity index (χ2n) is 10.1. The lowest BCUT2D eigenvalue weighted by molar-refractivity contribution is -0.138. The van der Waals surface area contributed by atoms with Crippen LogP contribution in [0.4, 0.5) is 26.3 Å². The minimum absolute atomic E-state index is 0.0676. The van der Waals surface area contributed by atoms with Crippen LogP contribution in [0, 0.1) is 5.41 Å².